The molecule has 0 amide bonds. The van der Waals surface area contributed by atoms with E-state index in [4.69, 9.17) is 4.74 Å². The van der Waals surface area contributed by atoms with E-state index < -0.39 is 0 Å². The lowest BCUT2D eigenvalue weighted by atomic mass is 10.0. The Morgan fingerprint density at radius 3 is 3.16 bits per heavy atom. The summed E-state index contributed by atoms with van der Waals surface area (Å²) in [5.41, 5.74) is 2.41. The van der Waals surface area contributed by atoms with Gasteiger partial charge in [-0.1, -0.05) is 25.1 Å². The van der Waals surface area contributed by atoms with Gasteiger partial charge in [0.1, 0.15) is 5.75 Å². The predicted molar refractivity (Wildman–Crippen MR) is 77.6 cm³/mol. The molecule has 3 nitrogen and oxygen atoms in total. The quantitative estimate of drug-likeness (QED) is 0.928. The lowest BCUT2D eigenvalue weighted by Gasteiger charge is -2.26. The van der Waals surface area contributed by atoms with E-state index in [0.29, 0.717) is 6.04 Å². The highest BCUT2D eigenvalue weighted by molar-refractivity contribution is 7.09. The standard InChI is InChI=1S/C15H18N2OS/c1-2-15-17-11(10-19-15)9-16-13-7-8-18-14-6-4-3-5-12(13)14/h3-6,10,13,16H,2,7-9H2,1H3. The van der Waals surface area contributed by atoms with Crippen molar-refractivity contribution in [3.05, 3.63) is 45.9 Å². The number of ether oxygens (including phenoxy) is 1. The molecule has 1 aromatic heterocycles. The molecule has 1 N–H and O–H groups in total. The summed E-state index contributed by atoms with van der Waals surface area (Å²) in [6.45, 7) is 3.76. The number of fused-ring (bicyclic) bond motifs is 1. The van der Waals surface area contributed by atoms with Crippen LogP contribution in [0.3, 0.4) is 0 Å². The number of rotatable bonds is 4. The van der Waals surface area contributed by atoms with Gasteiger partial charge < -0.3 is 10.1 Å². The first kappa shape index (κ1) is 12.6. The minimum absolute atomic E-state index is 0.372. The van der Waals surface area contributed by atoms with Crippen molar-refractivity contribution in [2.24, 2.45) is 0 Å². The molecule has 1 atom stereocenters. The Morgan fingerprint density at radius 1 is 1.42 bits per heavy atom. The highest BCUT2D eigenvalue weighted by atomic mass is 32.1. The summed E-state index contributed by atoms with van der Waals surface area (Å²) in [4.78, 5) is 4.59. The molecule has 19 heavy (non-hydrogen) atoms. The number of hydrogen-bond acceptors (Lipinski definition) is 4. The zero-order valence-corrected chi connectivity index (χ0v) is 11.9. The predicted octanol–water partition coefficient (Wildman–Crippen LogP) is 3.32. The van der Waals surface area contributed by atoms with Crippen LogP contribution in [0.2, 0.25) is 0 Å². The van der Waals surface area contributed by atoms with Gasteiger partial charge in [-0.05, 0) is 12.5 Å². The highest BCUT2D eigenvalue weighted by Crippen LogP contribution is 2.31. The molecule has 0 aliphatic carbocycles. The number of aromatic nitrogens is 1. The molecule has 0 radical (unpaired) electrons. The Bertz CT molecular complexity index is 553. The van der Waals surface area contributed by atoms with Crippen LogP contribution in [0, 0.1) is 0 Å². The van der Waals surface area contributed by atoms with Crippen molar-refractivity contribution in [2.45, 2.75) is 32.4 Å². The van der Waals surface area contributed by atoms with Crippen LogP contribution in [-0.4, -0.2) is 11.6 Å². The Hall–Kier alpha value is -1.39. The lowest BCUT2D eigenvalue weighted by molar-refractivity contribution is 0.252. The Morgan fingerprint density at radius 2 is 2.32 bits per heavy atom. The topological polar surface area (TPSA) is 34.2 Å². The number of nitrogens with one attached hydrogen (secondary N) is 1. The van der Waals surface area contributed by atoms with E-state index in [1.165, 1.54) is 10.6 Å². The summed E-state index contributed by atoms with van der Waals surface area (Å²) in [7, 11) is 0. The molecule has 1 aliphatic heterocycles. The molecule has 3 rings (SSSR count). The molecule has 2 aromatic rings. The highest BCUT2D eigenvalue weighted by Gasteiger charge is 2.20. The van der Waals surface area contributed by atoms with Gasteiger partial charge in [0.25, 0.3) is 0 Å². The van der Waals surface area contributed by atoms with E-state index in [-0.39, 0.29) is 0 Å². The van der Waals surface area contributed by atoms with Gasteiger partial charge in [0.2, 0.25) is 0 Å². The third-order valence-electron chi connectivity index (χ3n) is 3.39. The van der Waals surface area contributed by atoms with Crippen molar-refractivity contribution in [2.75, 3.05) is 6.61 Å². The number of benzene rings is 1. The lowest BCUT2D eigenvalue weighted by Crippen LogP contribution is -2.26. The van der Waals surface area contributed by atoms with E-state index in [0.717, 1.165) is 37.4 Å². The minimum atomic E-state index is 0.372. The van der Waals surface area contributed by atoms with E-state index in [2.05, 4.69) is 34.7 Å². The molecule has 0 saturated carbocycles. The van der Waals surface area contributed by atoms with Gasteiger partial charge in [-0.25, -0.2) is 4.98 Å². The fourth-order valence-corrected chi connectivity index (χ4v) is 3.12. The van der Waals surface area contributed by atoms with Gasteiger partial charge >= 0.3 is 0 Å². The molecule has 100 valence electrons. The molecule has 1 unspecified atom stereocenters. The average Bonchev–Trinajstić information content (AvgIpc) is 2.93. The normalized spacial score (nSPS) is 17.8. The third kappa shape index (κ3) is 2.80. The van der Waals surface area contributed by atoms with Crippen LogP contribution in [-0.2, 0) is 13.0 Å². The monoisotopic (exact) mass is 274 g/mol. The molecule has 0 spiro atoms. The van der Waals surface area contributed by atoms with Crippen molar-refractivity contribution < 1.29 is 4.74 Å². The maximum Gasteiger partial charge on any atom is 0.124 e. The van der Waals surface area contributed by atoms with E-state index >= 15 is 0 Å². The second-order valence-corrected chi connectivity index (χ2v) is 5.64. The van der Waals surface area contributed by atoms with Gasteiger partial charge in [0, 0.05) is 30.0 Å². The van der Waals surface area contributed by atoms with Crippen molar-refractivity contribution in [3.8, 4) is 5.75 Å². The van der Waals surface area contributed by atoms with Gasteiger partial charge in [-0.15, -0.1) is 11.3 Å². The minimum Gasteiger partial charge on any atom is -0.493 e. The zero-order valence-electron chi connectivity index (χ0n) is 11.1. The maximum atomic E-state index is 5.67. The Labute approximate surface area is 117 Å². The molecule has 1 aliphatic rings. The van der Waals surface area contributed by atoms with Gasteiger partial charge in [0.05, 0.1) is 17.3 Å². The summed E-state index contributed by atoms with van der Waals surface area (Å²) in [6.07, 6.45) is 2.03. The molecule has 1 aromatic carbocycles. The Balaban J connectivity index is 1.68. The fraction of sp³-hybridized carbons (Fsp3) is 0.400. The molecule has 0 fully saturated rings. The Kier molecular flexibility index (Phi) is 3.80. The number of hydrogen-bond donors (Lipinski definition) is 1. The fourth-order valence-electron chi connectivity index (χ4n) is 2.37. The van der Waals surface area contributed by atoms with Crippen LogP contribution in [0.5, 0.6) is 5.75 Å². The number of thiazole rings is 1. The van der Waals surface area contributed by atoms with Gasteiger partial charge in [0.15, 0.2) is 0 Å². The SMILES string of the molecule is CCc1nc(CNC2CCOc3ccccc32)cs1. The van der Waals surface area contributed by atoms with E-state index in [9.17, 15) is 0 Å². The number of para-hydroxylation sites is 1. The van der Waals surface area contributed by atoms with E-state index in [1.54, 1.807) is 11.3 Å². The van der Waals surface area contributed by atoms with Crippen LogP contribution in [0.15, 0.2) is 29.6 Å². The van der Waals surface area contributed by atoms with Gasteiger partial charge in [-0.2, -0.15) is 0 Å². The van der Waals surface area contributed by atoms with Crippen molar-refractivity contribution in [3.63, 3.8) is 0 Å². The molecular formula is C15H18N2OS. The first-order valence-electron chi connectivity index (χ1n) is 6.75. The first-order chi connectivity index (χ1) is 9.36. The largest absolute Gasteiger partial charge is 0.493 e. The smallest absolute Gasteiger partial charge is 0.124 e. The summed E-state index contributed by atoms with van der Waals surface area (Å²) in [6, 6.07) is 8.65. The summed E-state index contributed by atoms with van der Waals surface area (Å²) in [5.74, 6) is 1.01. The zero-order chi connectivity index (χ0) is 13.1. The van der Waals surface area contributed by atoms with Crippen LogP contribution < -0.4 is 10.1 Å². The third-order valence-corrected chi connectivity index (χ3v) is 4.43. The summed E-state index contributed by atoms with van der Waals surface area (Å²) >= 11 is 1.75. The number of nitrogens with zero attached hydrogens (tertiary/aromatic N) is 1. The molecule has 0 saturated heterocycles. The van der Waals surface area contributed by atoms with Crippen LogP contribution in [0.25, 0.3) is 0 Å². The second kappa shape index (κ2) is 5.72. The van der Waals surface area contributed by atoms with Crippen molar-refractivity contribution >= 4 is 11.3 Å². The van der Waals surface area contributed by atoms with Crippen molar-refractivity contribution in [1.82, 2.24) is 10.3 Å². The van der Waals surface area contributed by atoms with Crippen molar-refractivity contribution in [1.29, 1.82) is 0 Å². The first-order valence-corrected chi connectivity index (χ1v) is 7.63. The van der Waals surface area contributed by atoms with Crippen LogP contribution in [0.1, 0.15) is 35.7 Å². The molecular weight excluding hydrogens is 256 g/mol. The second-order valence-electron chi connectivity index (χ2n) is 4.69. The molecule has 0 bridgehead atoms. The number of aryl methyl sites for hydroxylation is 1. The summed E-state index contributed by atoms with van der Waals surface area (Å²) in [5, 5.41) is 6.96. The molecule has 4 heteroatoms. The van der Waals surface area contributed by atoms with Crippen LogP contribution in [0.4, 0.5) is 0 Å². The molecule has 2 heterocycles. The van der Waals surface area contributed by atoms with E-state index in [1.807, 2.05) is 12.1 Å². The van der Waals surface area contributed by atoms with Gasteiger partial charge in [-0.3, -0.25) is 0 Å². The van der Waals surface area contributed by atoms with Crippen LogP contribution >= 0.6 is 11.3 Å². The average molecular weight is 274 g/mol. The maximum absolute atomic E-state index is 5.67. The summed E-state index contributed by atoms with van der Waals surface area (Å²) < 4.78 is 5.67.